The van der Waals surface area contributed by atoms with E-state index in [4.69, 9.17) is 4.74 Å². The van der Waals surface area contributed by atoms with Crippen LogP contribution in [0, 0.1) is 5.82 Å². The van der Waals surface area contributed by atoms with Crippen LogP contribution in [-0.2, 0) is 11.2 Å². The molecule has 21 heavy (non-hydrogen) atoms. The predicted octanol–water partition coefficient (Wildman–Crippen LogP) is 3.57. The van der Waals surface area contributed by atoms with Crippen molar-refractivity contribution in [3.8, 4) is 5.75 Å². The smallest absolute Gasteiger partial charge is 0.179 e. The number of ketones is 1. The Morgan fingerprint density at radius 1 is 1.29 bits per heavy atom. The molecule has 1 heterocycles. The molecule has 0 saturated heterocycles. The molecule has 1 atom stereocenters. The van der Waals surface area contributed by atoms with Crippen LogP contribution in [0.15, 0.2) is 46.9 Å². The minimum Gasteiger partial charge on any atom is -0.479 e. The molecule has 5 heteroatoms. The van der Waals surface area contributed by atoms with Crippen LogP contribution in [-0.4, -0.2) is 18.4 Å². The van der Waals surface area contributed by atoms with Gasteiger partial charge in [0.15, 0.2) is 11.9 Å². The minimum atomic E-state index is -0.560. The lowest BCUT2D eigenvalue weighted by molar-refractivity contribution is -0.124. The molecule has 1 unspecified atom stereocenters. The quantitative estimate of drug-likeness (QED) is 0.920. The van der Waals surface area contributed by atoms with Gasteiger partial charge in [-0.1, -0.05) is 24.3 Å². The van der Waals surface area contributed by atoms with Crippen LogP contribution in [0.3, 0.4) is 0 Å². The van der Waals surface area contributed by atoms with Gasteiger partial charge in [0.05, 0.1) is 16.7 Å². The number of rotatable bonds is 3. The summed E-state index contributed by atoms with van der Waals surface area (Å²) >= 11 is 3.17. The van der Waals surface area contributed by atoms with Crippen molar-refractivity contribution in [1.82, 2.24) is 0 Å². The van der Waals surface area contributed by atoms with Gasteiger partial charge in [0.1, 0.15) is 11.6 Å². The Hall–Kier alpha value is -1.88. The lowest BCUT2D eigenvalue weighted by Gasteiger charge is -2.26. The first kappa shape index (κ1) is 14.1. The van der Waals surface area contributed by atoms with Crippen LogP contribution in [0.25, 0.3) is 0 Å². The number of hydrogen-bond acceptors (Lipinski definition) is 3. The third kappa shape index (κ3) is 2.93. The summed E-state index contributed by atoms with van der Waals surface area (Å²) in [5.41, 5.74) is 1.51. The monoisotopic (exact) mass is 349 g/mol. The SMILES string of the molecule is O=C(Cc1cccc(F)c1Br)C1CNc2ccccc2O1. The standard InChI is InChI=1S/C16H13BrFNO2/c17-16-10(4-3-5-11(16)18)8-13(20)15-9-19-12-6-1-2-7-14(12)21-15/h1-7,15,19H,8-9H2. The molecule has 0 bridgehead atoms. The van der Waals surface area contributed by atoms with Crippen LogP contribution >= 0.6 is 15.9 Å². The third-order valence-electron chi connectivity index (χ3n) is 3.39. The van der Waals surface area contributed by atoms with E-state index in [2.05, 4.69) is 21.2 Å². The molecule has 0 saturated carbocycles. The fourth-order valence-electron chi connectivity index (χ4n) is 2.28. The maximum Gasteiger partial charge on any atom is 0.179 e. The second-order valence-corrected chi connectivity index (χ2v) is 5.63. The van der Waals surface area contributed by atoms with E-state index in [1.165, 1.54) is 6.07 Å². The number of benzene rings is 2. The number of carbonyl (C=O) groups excluding carboxylic acids is 1. The van der Waals surface area contributed by atoms with Gasteiger partial charge in [-0.3, -0.25) is 4.79 Å². The molecule has 0 spiro atoms. The fourth-order valence-corrected chi connectivity index (χ4v) is 2.68. The number of Topliss-reactive ketones (excluding diaryl/α,β-unsaturated/α-hetero) is 1. The van der Waals surface area contributed by atoms with Crippen molar-refractivity contribution in [1.29, 1.82) is 0 Å². The highest BCUT2D eigenvalue weighted by molar-refractivity contribution is 9.10. The Balaban J connectivity index is 1.74. The topological polar surface area (TPSA) is 38.3 Å². The summed E-state index contributed by atoms with van der Waals surface area (Å²) in [6.45, 7) is 0.419. The number of carbonyl (C=O) groups is 1. The number of para-hydroxylation sites is 2. The second-order valence-electron chi connectivity index (χ2n) is 4.84. The molecule has 1 aliphatic heterocycles. The molecule has 1 N–H and O–H groups in total. The van der Waals surface area contributed by atoms with Crippen LogP contribution in [0.5, 0.6) is 5.75 Å². The van der Waals surface area contributed by atoms with Crippen LogP contribution in [0.4, 0.5) is 10.1 Å². The van der Waals surface area contributed by atoms with Crippen molar-refractivity contribution in [3.63, 3.8) is 0 Å². The fraction of sp³-hybridized carbons (Fsp3) is 0.188. The van der Waals surface area contributed by atoms with Gasteiger partial charge in [-0.05, 0) is 39.7 Å². The Bertz CT molecular complexity index is 690. The Labute approximate surface area is 130 Å². The van der Waals surface area contributed by atoms with Gasteiger partial charge in [0, 0.05) is 6.42 Å². The average Bonchev–Trinajstić information content (AvgIpc) is 2.51. The molecular formula is C16H13BrFNO2. The molecule has 1 aliphatic rings. The van der Waals surface area contributed by atoms with E-state index in [1.54, 1.807) is 12.1 Å². The third-order valence-corrected chi connectivity index (χ3v) is 4.28. The summed E-state index contributed by atoms with van der Waals surface area (Å²) in [4.78, 5) is 12.3. The maximum atomic E-state index is 13.5. The lowest BCUT2D eigenvalue weighted by atomic mass is 10.0. The number of halogens is 2. The molecule has 0 radical (unpaired) electrons. The largest absolute Gasteiger partial charge is 0.479 e. The van der Waals surface area contributed by atoms with Crippen molar-refractivity contribution in [2.75, 3.05) is 11.9 Å². The molecule has 0 amide bonds. The van der Waals surface area contributed by atoms with Crippen molar-refractivity contribution in [3.05, 3.63) is 58.3 Å². The Morgan fingerprint density at radius 3 is 2.95 bits per heavy atom. The van der Waals surface area contributed by atoms with Crippen molar-refractivity contribution >= 4 is 27.4 Å². The maximum absolute atomic E-state index is 13.5. The summed E-state index contributed by atoms with van der Waals surface area (Å²) in [5.74, 6) is 0.219. The Morgan fingerprint density at radius 2 is 2.10 bits per heavy atom. The molecule has 0 aliphatic carbocycles. The normalized spacial score (nSPS) is 16.6. The number of hydrogen-bond donors (Lipinski definition) is 1. The molecule has 0 fully saturated rings. The zero-order valence-corrected chi connectivity index (χ0v) is 12.7. The number of anilines is 1. The zero-order valence-electron chi connectivity index (χ0n) is 11.1. The van der Waals surface area contributed by atoms with Crippen LogP contribution in [0.2, 0.25) is 0 Å². The molecule has 2 aromatic carbocycles. The highest BCUT2D eigenvalue weighted by Crippen LogP contribution is 2.29. The van der Waals surface area contributed by atoms with Crippen molar-refractivity contribution < 1.29 is 13.9 Å². The number of nitrogens with one attached hydrogen (secondary N) is 1. The Kier molecular flexibility index (Phi) is 3.92. The first-order valence-electron chi connectivity index (χ1n) is 6.60. The van der Waals surface area contributed by atoms with Gasteiger partial charge in [-0.25, -0.2) is 4.39 Å². The summed E-state index contributed by atoms with van der Waals surface area (Å²) in [6, 6.07) is 12.2. The molecular weight excluding hydrogens is 337 g/mol. The average molecular weight is 350 g/mol. The molecule has 108 valence electrons. The summed E-state index contributed by atoms with van der Waals surface area (Å²) in [7, 11) is 0. The van der Waals surface area contributed by atoms with E-state index in [0.29, 0.717) is 22.3 Å². The molecule has 3 nitrogen and oxygen atoms in total. The second kappa shape index (κ2) is 5.85. The van der Waals surface area contributed by atoms with Gasteiger partial charge in [0.2, 0.25) is 0 Å². The van der Waals surface area contributed by atoms with E-state index < -0.39 is 6.10 Å². The first-order chi connectivity index (χ1) is 10.1. The highest BCUT2D eigenvalue weighted by atomic mass is 79.9. The molecule has 0 aromatic heterocycles. The zero-order chi connectivity index (χ0) is 14.8. The summed E-state index contributed by atoms with van der Waals surface area (Å²) < 4.78 is 19.5. The first-order valence-corrected chi connectivity index (χ1v) is 7.39. The van der Waals surface area contributed by atoms with E-state index in [0.717, 1.165) is 5.69 Å². The predicted molar refractivity (Wildman–Crippen MR) is 82.2 cm³/mol. The summed E-state index contributed by atoms with van der Waals surface area (Å²) in [6.07, 6.45) is -0.428. The van der Waals surface area contributed by atoms with Gasteiger partial charge < -0.3 is 10.1 Å². The van der Waals surface area contributed by atoms with Gasteiger partial charge in [-0.2, -0.15) is 0 Å². The number of fused-ring (bicyclic) bond motifs is 1. The van der Waals surface area contributed by atoms with Crippen LogP contribution < -0.4 is 10.1 Å². The van der Waals surface area contributed by atoms with Crippen molar-refractivity contribution in [2.45, 2.75) is 12.5 Å². The van der Waals surface area contributed by atoms with E-state index >= 15 is 0 Å². The highest BCUT2D eigenvalue weighted by Gasteiger charge is 2.26. The van der Waals surface area contributed by atoms with Crippen molar-refractivity contribution in [2.24, 2.45) is 0 Å². The van der Waals surface area contributed by atoms with E-state index in [9.17, 15) is 9.18 Å². The van der Waals surface area contributed by atoms with Gasteiger partial charge >= 0.3 is 0 Å². The summed E-state index contributed by atoms with van der Waals surface area (Å²) in [5, 5.41) is 3.17. The molecule has 2 aromatic rings. The van der Waals surface area contributed by atoms with E-state index in [1.807, 2.05) is 24.3 Å². The lowest BCUT2D eigenvalue weighted by Crippen LogP contribution is -2.38. The van der Waals surface area contributed by atoms with E-state index in [-0.39, 0.29) is 18.0 Å². The minimum absolute atomic E-state index is 0.0803. The molecule has 3 rings (SSSR count). The van der Waals surface area contributed by atoms with Gasteiger partial charge in [0.25, 0.3) is 0 Å². The number of ether oxygens (including phenoxy) is 1. The van der Waals surface area contributed by atoms with Gasteiger partial charge in [-0.15, -0.1) is 0 Å². The van der Waals surface area contributed by atoms with Crippen LogP contribution in [0.1, 0.15) is 5.56 Å².